The molecule has 0 bridgehead atoms. The molecule has 0 radical (unpaired) electrons. The summed E-state index contributed by atoms with van der Waals surface area (Å²) >= 11 is 0. The summed E-state index contributed by atoms with van der Waals surface area (Å²) in [6, 6.07) is 24.9. The van der Waals surface area contributed by atoms with Crippen molar-refractivity contribution in [3.63, 3.8) is 0 Å². The van der Waals surface area contributed by atoms with Crippen molar-refractivity contribution >= 4 is 16.0 Å². The Labute approximate surface area is 230 Å². The van der Waals surface area contributed by atoms with E-state index in [9.17, 15) is 21.6 Å². The van der Waals surface area contributed by atoms with Crippen LogP contribution in [0.5, 0.6) is 11.5 Å². The second kappa shape index (κ2) is 11.9. The number of carbonyl (C=O) groups is 1. The summed E-state index contributed by atoms with van der Waals surface area (Å²) in [5.74, 6) is -1.57. The number of methoxy groups -OCH3 is 1. The predicted molar refractivity (Wildman–Crippen MR) is 140 cm³/mol. The second-order valence-electron chi connectivity index (χ2n) is 9.60. The van der Waals surface area contributed by atoms with E-state index in [1.54, 1.807) is 29.6 Å². The highest BCUT2D eigenvalue weighted by molar-refractivity contribution is 7.89. The number of alkyl halides is 3. The Hall–Kier alpha value is -3.61. The van der Waals surface area contributed by atoms with E-state index in [2.05, 4.69) is 17.0 Å². The van der Waals surface area contributed by atoms with Gasteiger partial charge < -0.3 is 14.6 Å². The molecule has 2 heterocycles. The normalized spacial score (nSPS) is 20.5. The van der Waals surface area contributed by atoms with E-state index in [4.69, 9.17) is 19.4 Å². The molecule has 3 aromatic carbocycles. The number of carboxylic acid groups (broad SMARTS) is 1. The molecule has 1 saturated heterocycles. The molecule has 40 heavy (non-hydrogen) atoms. The van der Waals surface area contributed by atoms with Gasteiger partial charge in [-0.15, -0.1) is 0 Å². The van der Waals surface area contributed by atoms with Crippen LogP contribution in [0.4, 0.5) is 13.2 Å². The average Bonchev–Trinajstić information content (AvgIpc) is 3.27. The number of carboxylic acids is 1. The monoisotopic (exact) mass is 578 g/mol. The third-order valence-electron chi connectivity index (χ3n) is 6.66. The van der Waals surface area contributed by atoms with E-state index < -0.39 is 27.8 Å². The zero-order valence-corrected chi connectivity index (χ0v) is 22.5. The molecule has 5 rings (SSSR count). The van der Waals surface area contributed by atoms with Crippen molar-refractivity contribution < 1.29 is 41.0 Å². The van der Waals surface area contributed by atoms with Crippen LogP contribution in [-0.4, -0.2) is 67.2 Å². The number of hydrogen-bond acceptors (Lipinski definition) is 6. The van der Waals surface area contributed by atoms with Crippen molar-refractivity contribution in [3.05, 3.63) is 90.0 Å². The first kappa shape index (κ1) is 29.4. The van der Waals surface area contributed by atoms with Crippen LogP contribution in [0.15, 0.2) is 83.8 Å². The number of para-hydroxylation sites is 1. The molecule has 0 aliphatic carbocycles. The van der Waals surface area contributed by atoms with Crippen LogP contribution in [0.3, 0.4) is 0 Å². The fourth-order valence-electron chi connectivity index (χ4n) is 4.75. The SMILES string of the molecule is COc1ccc(CN2CC3(CCN(Cc4ccccc4)C3)Oc3ccccc3S2(=O)=O)cc1.O=C(O)C(F)(F)F. The van der Waals surface area contributed by atoms with E-state index in [0.717, 1.165) is 30.8 Å². The number of likely N-dealkylation sites (tertiary alicyclic amines) is 1. The summed E-state index contributed by atoms with van der Waals surface area (Å²) in [5, 5.41) is 7.12. The highest BCUT2D eigenvalue weighted by Gasteiger charge is 2.47. The van der Waals surface area contributed by atoms with Gasteiger partial charge in [-0.2, -0.15) is 17.5 Å². The molecule has 8 nitrogen and oxygen atoms in total. The number of rotatable bonds is 5. The molecule has 1 unspecified atom stereocenters. The maximum atomic E-state index is 13.7. The lowest BCUT2D eigenvalue weighted by atomic mass is 10.0. The first-order chi connectivity index (χ1) is 18.9. The van der Waals surface area contributed by atoms with E-state index in [-0.39, 0.29) is 11.4 Å². The molecular weight excluding hydrogens is 549 g/mol. The summed E-state index contributed by atoms with van der Waals surface area (Å²) in [4.78, 5) is 11.5. The Bertz CT molecular complexity index is 1420. The van der Waals surface area contributed by atoms with Crippen LogP contribution >= 0.6 is 0 Å². The van der Waals surface area contributed by atoms with Gasteiger partial charge in [0.15, 0.2) is 0 Å². The van der Waals surface area contributed by atoms with Gasteiger partial charge >= 0.3 is 12.1 Å². The van der Waals surface area contributed by atoms with E-state index in [0.29, 0.717) is 18.8 Å². The molecule has 2 aliphatic rings. The maximum absolute atomic E-state index is 13.7. The highest BCUT2D eigenvalue weighted by atomic mass is 32.2. The minimum Gasteiger partial charge on any atom is -0.497 e. The van der Waals surface area contributed by atoms with Crippen LogP contribution in [0.25, 0.3) is 0 Å². The number of benzene rings is 3. The molecule has 0 saturated carbocycles. The Balaban J connectivity index is 0.000000470. The molecule has 214 valence electrons. The smallest absolute Gasteiger partial charge is 0.490 e. The Kier molecular flexibility index (Phi) is 8.71. The van der Waals surface area contributed by atoms with E-state index >= 15 is 0 Å². The fourth-order valence-corrected chi connectivity index (χ4v) is 6.37. The largest absolute Gasteiger partial charge is 0.497 e. The third-order valence-corrected chi connectivity index (χ3v) is 8.49. The summed E-state index contributed by atoms with van der Waals surface area (Å²) in [5.41, 5.74) is 1.56. The lowest BCUT2D eigenvalue weighted by molar-refractivity contribution is -0.192. The molecular formula is C28H29F3N2O6S. The first-order valence-electron chi connectivity index (χ1n) is 12.4. The minimum atomic E-state index is -5.08. The highest BCUT2D eigenvalue weighted by Crippen LogP contribution is 2.39. The van der Waals surface area contributed by atoms with Crippen LogP contribution in [0, 0.1) is 0 Å². The molecule has 1 spiro atoms. The molecule has 0 amide bonds. The van der Waals surface area contributed by atoms with Crippen LogP contribution in [0.1, 0.15) is 17.5 Å². The summed E-state index contributed by atoms with van der Waals surface area (Å²) < 4.78 is 72.4. The molecule has 3 aromatic rings. The number of halogens is 3. The van der Waals surface area contributed by atoms with Gasteiger partial charge in [0, 0.05) is 32.6 Å². The number of hydrogen-bond donors (Lipinski definition) is 1. The lowest BCUT2D eigenvalue weighted by Gasteiger charge is -2.32. The first-order valence-corrected chi connectivity index (χ1v) is 13.8. The van der Waals surface area contributed by atoms with Crippen molar-refractivity contribution in [2.24, 2.45) is 0 Å². The lowest BCUT2D eigenvalue weighted by Crippen LogP contribution is -2.48. The summed E-state index contributed by atoms with van der Waals surface area (Å²) in [6.07, 6.45) is -4.32. The van der Waals surface area contributed by atoms with Crippen molar-refractivity contribution in [3.8, 4) is 11.5 Å². The van der Waals surface area contributed by atoms with Crippen LogP contribution < -0.4 is 9.47 Å². The van der Waals surface area contributed by atoms with Crippen molar-refractivity contribution in [2.75, 3.05) is 26.7 Å². The van der Waals surface area contributed by atoms with Crippen LogP contribution in [-0.2, 0) is 27.9 Å². The second-order valence-corrected chi connectivity index (χ2v) is 11.5. The average molecular weight is 579 g/mol. The molecule has 1 atom stereocenters. The number of fused-ring (bicyclic) bond motifs is 1. The summed E-state index contributed by atoms with van der Waals surface area (Å²) in [6.45, 7) is 2.93. The van der Waals surface area contributed by atoms with Gasteiger partial charge in [-0.3, -0.25) is 4.90 Å². The van der Waals surface area contributed by atoms with Gasteiger partial charge in [0.2, 0.25) is 10.0 Å². The number of ether oxygens (including phenoxy) is 2. The molecule has 0 aromatic heterocycles. The van der Waals surface area contributed by atoms with Gasteiger partial charge in [-0.25, -0.2) is 13.2 Å². The molecule has 2 aliphatic heterocycles. The molecule has 1 N–H and O–H groups in total. The van der Waals surface area contributed by atoms with Gasteiger partial charge in [-0.05, 0) is 35.4 Å². The Morgan fingerprint density at radius 2 is 1.55 bits per heavy atom. The van der Waals surface area contributed by atoms with Crippen molar-refractivity contribution in [1.29, 1.82) is 0 Å². The number of nitrogens with zero attached hydrogens (tertiary/aromatic N) is 2. The fraction of sp³-hybridized carbons (Fsp3) is 0.321. The van der Waals surface area contributed by atoms with Gasteiger partial charge in [0.25, 0.3) is 0 Å². The van der Waals surface area contributed by atoms with Gasteiger partial charge in [0.05, 0.1) is 13.7 Å². The number of aliphatic carboxylic acids is 1. The summed E-state index contributed by atoms with van der Waals surface area (Å²) in [7, 11) is -2.10. The molecule has 1 fully saturated rings. The van der Waals surface area contributed by atoms with Crippen LogP contribution in [0.2, 0.25) is 0 Å². The van der Waals surface area contributed by atoms with E-state index in [1.807, 2.05) is 48.5 Å². The topological polar surface area (TPSA) is 96.4 Å². The van der Waals surface area contributed by atoms with Gasteiger partial charge in [-0.1, -0.05) is 54.6 Å². The predicted octanol–water partition coefficient (Wildman–Crippen LogP) is 4.56. The Morgan fingerprint density at radius 3 is 2.17 bits per heavy atom. The van der Waals surface area contributed by atoms with Crippen molar-refractivity contribution in [1.82, 2.24) is 9.21 Å². The quantitative estimate of drug-likeness (QED) is 0.474. The maximum Gasteiger partial charge on any atom is 0.490 e. The van der Waals surface area contributed by atoms with E-state index in [1.165, 1.54) is 5.56 Å². The Morgan fingerprint density at radius 1 is 0.950 bits per heavy atom. The number of sulfonamides is 1. The minimum absolute atomic E-state index is 0.233. The van der Waals surface area contributed by atoms with Gasteiger partial charge in [0.1, 0.15) is 22.0 Å². The zero-order valence-electron chi connectivity index (χ0n) is 21.7. The molecule has 12 heteroatoms. The van der Waals surface area contributed by atoms with Crippen molar-refractivity contribution in [2.45, 2.75) is 36.2 Å². The standard InChI is InChI=1S/C26H28N2O4S.C2HF3O2/c1-31-23-13-11-22(12-14-23)18-28-20-26(32-24-9-5-6-10-25(24)33(28,29)30)15-16-27(19-26)17-21-7-3-2-4-8-21;3-2(4,5)1(6)7/h2-14H,15-20H2,1H3;(H,6,7). The zero-order chi connectivity index (χ0) is 29.0. The third kappa shape index (κ3) is 6.93.